The number of carbonyl (C=O) groups is 1. The molecule has 0 atom stereocenters. The Labute approximate surface area is 88.9 Å². The van der Waals surface area contributed by atoms with Gasteiger partial charge in [-0.2, -0.15) is 0 Å². The van der Waals surface area contributed by atoms with Gasteiger partial charge >= 0.3 is 0 Å². The van der Waals surface area contributed by atoms with Crippen LogP contribution >= 0.6 is 0 Å². The number of hydrogen-bond acceptors (Lipinski definition) is 2. The Morgan fingerprint density at radius 1 is 1.60 bits per heavy atom. The maximum atomic E-state index is 10.1. The number of aliphatic hydroxyl groups is 1. The van der Waals surface area contributed by atoms with Crippen LogP contribution in [0.15, 0.2) is 0 Å². The number of amides is 1. The summed E-state index contributed by atoms with van der Waals surface area (Å²) < 4.78 is 0. The van der Waals surface area contributed by atoms with Gasteiger partial charge in [-0.05, 0) is 6.92 Å². The summed E-state index contributed by atoms with van der Waals surface area (Å²) in [5, 5.41) is 10.5. The number of rotatable bonds is 2. The molecule has 0 spiro atoms. The molecule has 0 heterocycles. The summed E-state index contributed by atoms with van der Waals surface area (Å²) in [6.45, 7) is 5.97. The number of hydrogen-bond donors (Lipinski definition) is 2. The predicted octanol–water partition coefficient (Wildman–Crippen LogP) is 0.384. The van der Waals surface area contributed by atoms with Crippen LogP contribution in [-0.4, -0.2) is 24.2 Å². The molecule has 2 N–H and O–H groups in total. The SMILES string of the molecule is CC.CCNC(=O)CO.[HH].[Y]. The summed E-state index contributed by atoms with van der Waals surface area (Å²) in [4.78, 5) is 10.1. The molecular weight excluding hydrogens is 207 g/mol. The molecular formula is C6H17NO2Y. The third-order valence-electron chi connectivity index (χ3n) is 0.518. The van der Waals surface area contributed by atoms with Crippen molar-refractivity contribution < 1.29 is 44.0 Å². The molecule has 0 aliphatic heterocycles. The van der Waals surface area contributed by atoms with Crippen LogP contribution in [0.2, 0.25) is 0 Å². The van der Waals surface area contributed by atoms with Crippen molar-refractivity contribution in [3.05, 3.63) is 0 Å². The van der Waals surface area contributed by atoms with E-state index in [4.69, 9.17) is 5.11 Å². The topological polar surface area (TPSA) is 49.3 Å². The Morgan fingerprint density at radius 2 is 2.00 bits per heavy atom. The molecule has 0 aromatic heterocycles. The average Bonchev–Trinajstić information content (AvgIpc) is 1.93. The van der Waals surface area contributed by atoms with Gasteiger partial charge in [0, 0.05) is 40.7 Å². The maximum absolute atomic E-state index is 10.1. The van der Waals surface area contributed by atoms with Crippen molar-refractivity contribution >= 4 is 5.91 Å². The molecule has 3 nitrogen and oxygen atoms in total. The zero-order chi connectivity index (χ0) is 7.70. The molecule has 4 heteroatoms. The third-order valence-corrected chi connectivity index (χ3v) is 0.518. The fourth-order valence-electron chi connectivity index (χ4n) is 0.253. The molecule has 1 amide bonds. The van der Waals surface area contributed by atoms with Crippen molar-refractivity contribution in [2.75, 3.05) is 13.2 Å². The molecule has 61 valence electrons. The zero-order valence-electron chi connectivity index (χ0n) is 6.85. The van der Waals surface area contributed by atoms with Gasteiger partial charge in [0.05, 0.1) is 0 Å². The second kappa shape index (κ2) is 16.3. The van der Waals surface area contributed by atoms with E-state index in [9.17, 15) is 4.79 Å². The first-order valence-electron chi connectivity index (χ1n) is 3.18. The minimum atomic E-state index is -0.409. The van der Waals surface area contributed by atoms with Gasteiger partial charge in [-0.25, -0.2) is 0 Å². The van der Waals surface area contributed by atoms with Crippen molar-refractivity contribution in [1.29, 1.82) is 0 Å². The zero-order valence-corrected chi connectivity index (χ0v) is 9.69. The van der Waals surface area contributed by atoms with E-state index in [1.54, 1.807) is 6.92 Å². The first-order chi connectivity index (χ1) is 4.31. The van der Waals surface area contributed by atoms with Crippen LogP contribution in [-0.2, 0) is 37.5 Å². The summed E-state index contributed by atoms with van der Waals surface area (Å²) in [7, 11) is 0. The van der Waals surface area contributed by atoms with E-state index in [-0.39, 0.29) is 40.0 Å². The van der Waals surface area contributed by atoms with Gasteiger partial charge in [0.25, 0.3) is 0 Å². The van der Waals surface area contributed by atoms with Crippen molar-refractivity contribution in [2.45, 2.75) is 20.8 Å². The van der Waals surface area contributed by atoms with Crippen molar-refractivity contribution in [3.63, 3.8) is 0 Å². The van der Waals surface area contributed by atoms with E-state index in [1.807, 2.05) is 13.8 Å². The molecule has 0 fully saturated rings. The standard InChI is InChI=1S/C4H9NO2.C2H6.Y.H2/c1-2-5-4(7)3-6;1-2;;/h6H,2-3H2,1H3,(H,5,7);1-2H3;;1H. The number of nitrogens with one attached hydrogen (secondary N) is 1. The van der Waals surface area contributed by atoms with E-state index in [0.717, 1.165) is 0 Å². The van der Waals surface area contributed by atoms with Crippen molar-refractivity contribution in [3.8, 4) is 0 Å². The van der Waals surface area contributed by atoms with Crippen LogP contribution in [0.1, 0.15) is 22.2 Å². The second-order valence-electron chi connectivity index (χ2n) is 1.11. The largest absolute Gasteiger partial charge is 0.387 e. The Morgan fingerprint density at radius 3 is 2.10 bits per heavy atom. The summed E-state index contributed by atoms with van der Waals surface area (Å²) >= 11 is 0. The van der Waals surface area contributed by atoms with Crippen LogP contribution in [0.5, 0.6) is 0 Å². The van der Waals surface area contributed by atoms with Crippen LogP contribution < -0.4 is 5.32 Å². The Bertz CT molecular complexity index is 73.6. The second-order valence-corrected chi connectivity index (χ2v) is 1.11. The van der Waals surface area contributed by atoms with Gasteiger partial charge in [-0.3, -0.25) is 4.79 Å². The monoisotopic (exact) mass is 224 g/mol. The Hall–Kier alpha value is 0.534. The van der Waals surface area contributed by atoms with E-state index in [2.05, 4.69) is 5.32 Å². The van der Waals surface area contributed by atoms with Crippen LogP contribution in [0.4, 0.5) is 0 Å². The Kier molecular flexibility index (Phi) is 27.4. The molecule has 0 unspecified atom stereocenters. The number of aliphatic hydroxyl groups excluding tert-OH is 1. The maximum Gasteiger partial charge on any atom is 0.245 e. The number of carbonyl (C=O) groups excluding carboxylic acids is 1. The number of likely N-dealkylation sites (N-methyl/N-ethyl adjacent to an activating group) is 1. The fraction of sp³-hybridized carbons (Fsp3) is 0.833. The molecule has 0 saturated heterocycles. The molecule has 0 aromatic carbocycles. The summed E-state index contributed by atoms with van der Waals surface area (Å²) in [6, 6.07) is 0. The first kappa shape index (κ1) is 16.9. The smallest absolute Gasteiger partial charge is 0.245 e. The quantitative estimate of drug-likeness (QED) is 0.712. The fourth-order valence-corrected chi connectivity index (χ4v) is 0.253. The minimum absolute atomic E-state index is 0. The van der Waals surface area contributed by atoms with Gasteiger partial charge in [0.1, 0.15) is 6.61 Å². The van der Waals surface area contributed by atoms with Crippen LogP contribution in [0.3, 0.4) is 0 Å². The predicted molar refractivity (Wildman–Crippen MR) is 39.2 cm³/mol. The Balaban J connectivity index is -0.0000000564. The average molecular weight is 224 g/mol. The van der Waals surface area contributed by atoms with Gasteiger partial charge in [-0.15, -0.1) is 0 Å². The van der Waals surface area contributed by atoms with Gasteiger partial charge < -0.3 is 10.4 Å². The molecule has 0 aromatic rings. The molecule has 0 aliphatic carbocycles. The van der Waals surface area contributed by atoms with Crippen LogP contribution in [0, 0.1) is 0 Å². The van der Waals surface area contributed by atoms with Gasteiger partial charge in [0.2, 0.25) is 5.91 Å². The molecule has 1 radical (unpaired) electrons. The van der Waals surface area contributed by atoms with Crippen LogP contribution in [0.25, 0.3) is 0 Å². The van der Waals surface area contributed by atoms with Crippen molar-refractivity contribution in [1.82, 2.24) is 5.32 Å². The summed E-state index contributed by atoms with van der Waals surface area (Å²) in [6.07, 6.45) is 0. The first-order valence-corrected chi connectivity index (χ1v) is 3.18. The van der Waals surface area contributed by atoms with Crippen molar-refractivity contribution in [2.24, 2.45) is 0 Å². The van der Waals surface area contributed by atoms with E-state index >= 15 is 0 Å². The van der Waals surface area contributed by atoms with Gasteiger partial charge in [-0.1, -0.05) is 13.8 Å². The normalized spacial score (nSPS) is 6.40. The van der Waals surface area contributed by atoms with E-state index < -0.39 is 6.61 Å². The molecule has 0 saturated carbocycles. The summed E-state index contributed by atoms with van der Waals surface area (Å²) in [5.41, 5.74) is 0. The summed E-state index contributed by atoms with van der Waals surface area (Å²) in [5.74, 6) is -0.317. The van der Waals surface area contributed by atoms with E-state index in [1.165, 1.54) is 0 Å². The molecule has 10 heavy (non-hydrogen) atoms. The van der Waals surface area contributed by atoms with E-state index in [0.29, 0.717) is 6.54 Å². The third kappa shape index (κ3) is 15.8. The molecule has 0 aliphatic rings. The molecule has 0 bridgehead atoms. The minimum Gasteiger partial charge on any atom is -0.387 e. The molecule has 0 rings (SSSR count). The van der Waals surface area contributed by atoms with Gasteiger partial charge in [0.15, 0.2) is 0 Å².